The minimum atomic E-state index is 0.305. The molecule has 0 fully saturated rings. The summed E-state index contributed by atoms with van der Waals surface area (Å²) in [5.74, 6) is 1.34. The van der Waals surface area contributed by atoms with Crippen molar-refractivity contribution < 1.29 is 0 Å². The maximum Gasteiger partial charge on any atom is 0.136 e. The molecule has 1 aliphatic rings. The fraction of sp³-hybridized carbons (Fsp3) is 0.444. The zero-order valence-electron chi connectivity index (χ0n) is 13.1. The minimum Gasteiger partial charge on any atom is -0.310 e. The first kappa shape index (κ1) is 14.2. The van der Waals surface area contributed by atoms with E-state index in [1.54, 1.807) is 0 Å². The van der Waals surface area contributed by atoms with E-state index in [4.69, 9.17) is 4.98 Å². The lowest BCUT2D eigenvalue weighted by atomic mass is 10.00. The Morgan fingerprint density at radius 2 is 2.14 bits per heavy atom. The van der Waals surface area contributed by atoms with E-state index in [1.165, 1.54) is 16.7 Å². The highest BCUT2D eigenvalue weighted by Crippen LogP contribution is 2.36. The molecule has 2 unspecified atom stereocenters. The lowest BCUT2D eigenvalue weighted by molar-refractivity contribution is 0.586. The van der Waals surface area contributed by atoms with Crippen molar-refractivity contribution in [3.8, 4) is 0 Å². The van der Waals surface area contributed by atoms with Gasteiger partial charge in [0.05, 0.1) is 0 Å². The van der Waals surface area contributed by atoms with Gasteiger partial charge in [0.1, 0.15) is 5.82 Å². The Balaban J connectivity index is 1.90. The molecule has 1 aromatic carbocycles. The van der Waals surface area contributed by atoms with Crippen molar-refractivity contribution in [1.29, 1.82) is 0 Å². The molecule has 1 aliphatic carbocycles. The predicted molar refractivity (Wildman–Crippen MR) is 85.5 cm³/mol. The van der Waals surface area contributed by atoms with Gasteiger partial charge >= 0.3 is 0 Å². The van der Waals surface area contributed by atoms with E-state index in [0.717, 1.165) is 30.9 Å². The van der Waals surface area contributed by atoms with Gasteiger partial charge in [-0.2, -0.15) is 0 Å². The van der Waals surface area contributed by atoms with Crippen molar-refractivity contribution in [3.63, 3.8) is 0 Å². The summed E-state index contributed by atoms with van der Waals surface area (Å²) in [7, 11) is 0. The summed E-state index contributed by atoms with van der Waals surface area (Å²) in [6.45, 7) is 7.34. The molecule has 1 aromatic heterocycles. The van der Waals surface area contributed by atoms with Gasteiger partial charge < -0.3 is 5.32 Å². The van der Waals surface area contributed by atoms with Gasteiger partial charge in [-0.05, 0) is 44.4 Å². The van der Waals surface area contributed by atoms with Gasteiger partial charge in [0, 0.05) is 29.4 Å². The third-order valence-corrected chi connectivity index (χ3v) is 4.46. The van der Waals surface area contributed by atoms with Gasteiger partial charge in [-0.25, -0.2) is 9.97 Å². The van der Waals surface area contributed by atoms with E-state index < -0.39 is 0 Å². The van der Waals surface area contributed by atoms with Gasteiger partial charge in [-0.1, -0.05) is 31.2 Å². The highest BCUT2D eigenvalue weighted by molar-refractivity contribution is 5.39. The highest BCUT2D eigenvalue weighted by atomic mass is 14.9. The van der Waals surface area contributed by atoms with Gasteiger partial charge in [0.25, 0.3) is 0 Å². The molecule has 0 saturated carbocycles. The van der Waals surface area contributed by atoms with Crippen molar-refractivity contribution in [1.82, 2.24) is 15.3 Å². The molecule has 2 aromatic rings. The van der Waals surface area contributed by atoms with E-state index in [1.807, 2.05) is 6.20 Å². The number of aryl methyl sites for hydroxylation is 2. The maximum absolute atomic E-state index is 4.81. The van der Waals surface area contributed by atoms with E-state index in [-0.39, 0.29) is 0 Å². The smallest absolute Gasteiger partial charge is 0.136 e. The van der Waals surface area contributed by atoms with Gasteiger partial charge in [0.15, 0.2) is 0 Å². The summed E-state index contributed by atoms with van der Waals surface area (Å²) in [5, 5.41) is 3.43. The average Bonchev–Trinajstić information content (AvgIpc) is 2.91. The van der Waals surface area contributed by atoms with Crippen LogP contribution in [0.25, 0.3) is 0 Å². The summed E-state index contributed by atoms with van der Waals surface area (Å²) in [5.41, 5.74) is 5.16. The summed E-state index contributed by atoms with van der Waals surface area (Å²) >= 11 is 0. The van der Waals surface area contributed by atoms with E-state index in [9.17, 15) is 0 Å². The van der Waals surface area contributed by atoms with Crippen LogP contribution in [0.3, 0.4) is 0 Å². The van der Waals surface area contributed by atoms with Crippen LogP contribution in [0.4, 0.5) is 0 Å². The van der Waals surface area contributed by atoms with E-state index in [2.05, 4.69) is 55.3 Å². The Morgan fingerprint density at radius 3 is 2.90 bits per heavy atom. The van der Waals surface area contributed by atoms with Crippen LogP contribution in [0, 0.1) is 6.92 Å². The minimum absolute atomic E-state index is 0.305. The second-order valence-corrected chi connectivity index (χ2v) is 5.84. The molecule has 1 N–H and O–H groups in total. The molecular formula is C18H23N3. The normalized spacial score (nSPS) is 18.5. The molecule has 0 spiro atoms. The first-order valence-corrected chi connectivity index (χ1v) is 7.85. The second-order valence-electron chi connectivity index (χ2n) is 5.84. The highest BCUT2D eigenvalue weighted by Gasteiger charge is 2.26. The van der Waals surface area contributed by atoms with Crippen LogP contribution < -0.4 is 5.32 Å². The molecule has 0 saturated heterocycles. The van der Waals surface area contributed by atoms with Crippen LogP contribution in [0.5, 0.6) is 0 Å². The zero-order chi connectivity index (χ0) is 14.8. The lowest BCUT2D eigenvalue weighted by Gasteiger charge is -2.17. The van der Waals surface area contributed by atoms with Gasteiger partial charge in [-0.15, -0.1) is 0 Å². The fourth-order valence-corrected chi connectivity index (χ4v) is 3.33. The zero-order valence-corrected chi connectivity index (χ0v) is 13.1. The van der Waals surface area contributed by atoms with Crippen molar-refractivity contribution in [3.05, 3.63) is 58.7 Å². The van der Waals surface area contributed by atoms with E-state index >= 15 is 0 Å². The van der Waals surface area contributed by atoms with E-state index in [0.29, 0.717) is 12.0 Å². The molecular weight excluding hydrogens is 258 g/mol. The Morgan fingerprint density at radius 1 is 1.33 bits per heavy atom. The number of fused-ring (bicyclic) bond motifs is 1. The van der Waals surface area contributed by atoms with Crippen molar-refractivity contribution in [2.45, 2.75) is 45.6 Å². The molecule has 2 atom stereocenters. The number of rotatable bonds is 4. The Hall–Kier alpha value is -1.74. The number of nitrogens with zero attached hydrogens (tertiary/aromatic N) is 2. The van der Waals surface area contributed by atoms with Crippen LogP contribution in [0.2, 0.25) is 0 Å². The topological polar surface area (TPSA) is 37.8 Å². The monoisotopic (exact) mass is 281 g/mol. The molecule has 0 radical (unpaired) electrons. The van der Waals surface area contributed by atoms with Crippen LogP contribution in [0.1, 0.15) is 60.4 Å². The predicted octanol–water partition coefficient (Wildman–Crippen LogP) is 3.53. The third-order valence-electron chi connectivity index (χ3n) is 4.46. The third kappa shape index (κ3) is 2.70. The SMILES string of the molecule is CCNC(C)c1cnc(C2CCc3ccccc32)nc1C. The number of benzene rings is 1. The number of hydrogen-bond donors (Lipinski definition) is 1. The van der Waals surface area contributed by atoms with Gasteiger partial charge in [-0.3, -0.25) is 0 Å². The molecule has 21 heavy (non-hydrogen) atoms. The molecule has 110 valence electrons. The Kier molecular flexibility index (Phi) is 4.02. The van der Waals surface area contributed by atoms with Crippen LogP contribution >= 0.6 is 0 Å². The largest absolute Gasteiger partial charge is 0.310 e. The first-order chi connectivity index (χ1) is 10.2. The number of nitrogens with one attached hydrogen (secondary N) is 1. The first-order valence-electron chi connectivity index (χ1n) is 7.85. The maximum atomic E-state index is 4.81. The summed E-state index contributed by atoms with van der Waals surface area (Å²) in [4.78, 5) is 9.48. The quantitative estimate of drug-likeness (QED) is 0.931. The van der Waals surface area contributed by atoms with Crippen LogP contribution in [0.15, 0.2) is 30.5 Å². The second kappa shape index (κ2) is 5.94. The average molecular weight is 281 g/mol. The molecule has 3 heteroatoms. The van der Waals surface area contributed by atoms with Crippen molar-refractivity contribution in [2.24, 2.45) is 0 Å². The Labute approximate surface area is 126 Å². The summed E-state index contributed by atoms with van der Waals surface area (Å²) in [6, 6.07) is 8.99. The van der Waals surface area contributed by atoms with Crippen molar-refractivity contribution in [2.75, 3.05) is 6.54 Å². The van der Waals surface area contributed by atoms with Gasteiger partial charge in [0.2, 0.25) is 0 Å². The molecule has 0 aliphatic heterocycles. The lowest BCUT2D eigenvalue weighted by Crippen LogP contribution is -2.20. The number of aromatic nitrogens is 2. The molecule has 1 heterocycles. The standard InChI is InChI=1S/C18H23N3/c1-4-19-12(2)17-11-20-18(21-13(17)3)16-10-9-14-7-5-6-8-15(14)16/h5-8,11-12,16,19H,4,9-10H2,1-3H3. The molecule has 3 nitrogen and oxygen atoms in total. The number of hydrogen-bond acceptors (Lipinski definition) is 3. The fourth-order valence-electron chi connectivity index (χ4n) is 3.33. The molecule has 0 amide bonds. The molecule has 3 rings (SSSR count). The Bertz CT molecular complexity index is 636. The van der Waals surface area contributed by atoms with Crippen LogP contribution in [-0.4, -0.2) is 16.5 Å². The summed E-state index contributed by atoms with van der Waals surface area (Å²) < 4.78 is 0. The summed E-state index contributed by atoms with van der Waals surface area (Å²) in [6.07, 6.45) is 4.27. The molecule has 0 bridgehead atoms. The van der Waals surface area contributed by atoms with Crippen molar-refractivity contribution >= 4 is 0 Å². The van der Waals surface area contributed by atoms with Crippen LogP contribution in [-0.2, 0) is 6.42 Å².